The van der Waals surface area contributed by atoms with Crippen molar-refractivity contribution in [3.63, 3.8) is 0 Å². The van der Waals surface area contributed by atoms with Crippen LogP contribution in [0.4, 0.5) is 0 Å². The van der Waals surface area contributed by atoms with E-state index in [1.165, 1.54) is 29.2 Å². The molecule has 7 heteroatoms. The fraction of sp³-hybridized carbons (Fsp3) is 0.318. The van der Waals surface area contributed by atoms with Crippen LogP contribution in [0.25, 0.3) is 10.2 Å². The van der Waals surface area contributed by atoms with E-state index in [9.17, 15) is 19.6 Å². The number of rotatable bonds is 4. The van der Waals surface area contributed by atoms with Crippen molar-refractivity contribution in [2.45, 2.75) is 45.4 Å². The van der Waals surface area contributed by atoms with Crippen molar-refractivity contribution in [2.75, 3.05) is 0 Å². The van der Waals surface area contributed by atoms with Crippen molar-refractivity contribution >= 4 is 33.1 Å². The fourth-order valence-electron chi connectivity index (χ4n) is 3.88. The average Bonchev–Trinajstić information content (AvgIpc) is 3.07. The third-order valence-corrected chi connectivity index (χ3v) is 6.60. The summed E-state index contributed by atoms with van der Waals surface area (Å²) in [5.41, 5.74) is 2.21. The number of nitrogens with one attached hydrogen (secondary N) is 1. The van der Waals surface area contributed by atoms with Crippen molar-refractivity contribution in [1.82, 2.24) is 9.97 Å². The van der Waals surface area contributed by atoms with Crippen LogP contribution in [-0.4, -0.2) is 21.5 Å². The van der Waals surface area contributed by atoms with Gasteiger partial charge in [-0.1, -0.05) is 12.1 Å². The van der Waals surface area contributed by atoms with Crippen LogP contribution < -0.4 is 5.56 Å². The molecule has 0 saturated heterocycles. The molecule has 1 unspecified atom stereocenters. The number of hydrogen-bond donors (Lipinski definition) is 1. The number of ketones is 2. The van der Waals surface area contributed by atoms with Gasteiger partial charge in [-0.05, 0) is 56.7 Å². The summed E-state index contributed by atoms with van der Waals surface area (Å²) in [6, 6.07) is 6.75. The minimum atomic E-state index is -1.24. The van der Waals surface area contributed by atoms with E-state index in [4.69, 9.17) is 0 Å². The molecule has 3 aromatic rings. The molecular formula is C22H19N3O3S. The molecule has 0 fully saturated rings. The molecule has 1 aromatic carbocycles. The molecular weight excluding hydrogens is 386 g/mol. The summed E-state index contributed by atoms with van der Waals surface area (Å²) < 4.78 is 0. The monoisotopic (exact) mass is 405 g/mol. The Kier molecular flexibility index (Phi) is 4.89. The number of nitriles is 1. The highest BCUT2D eigenvalue weighted by Gasteiger charge is 2.27. The molecule has 29 heavy (non-hydrogen) atoms. The number of nitrogens with zero attached hydrogens (tertiary/aromatic N) is 2. The Morgan fingerprint density at radius 2 is 2.03 bits per heavy atom. The van der Waals surface area contributed by atoms with E-state index in [1.807, 2.05) is 6.07 Å². The molecule has 0 amide bonds. The molecule has 1 N–H and O–H groups in total. The Hall–Kier alpha value is -3.11. The summed E-state index contributed by atoms with van der Waals surface area (Å²) in [4.78, 5) is 46.5. The van der Waals surface area contributed by atoms with Crippen molar-refractivity contribution in [3.8, 4) is 6.07 Å². The fourth-order valence-corrected chi connectivity index (χ4v) is 5.15. The van der Waals surface area contributed by atoms with E-state index in [2.05, 4.69) is 9.97 Å². The van der Waals surface area contributed by atoms with E-state index in [0.29, 0.717) is 15.8 Å². The third-order valence-electron chi connectivity index (χ3n) is 5.41. The Bertz CT molecular complexity index is 1260. The van der Waals surface area contributed by atoms with Crippen molar-refractivity contribution in [1.29, 1.82) is 5.26 Å². The summed E-state index contributed by atoms with van der Waals surface area (Å²) >= 11 is 1.48. The number of hydrogen-bond acceptors (Lipinski definition) is 6. The van der Waals surface area contributed by atoms with E-state index in [0.717, 1.165) is 36.8 Å². The molecule has 0 spiro atoms. The lowest BCUT2D eigenvalue weighted by Crippen LogP contribution is -2.20. The number of aromatic nitrogens is 2. The van der Waals surface area contributed by atoms with Gasteiger partial charge in [-0.15, -0.1) is 11.3 Å². The second kappa shape index (κ2) is 7.37. The van der Waals surface area contributed by atoms with Gasteiger partial charge in [0.2, 0.25) is 0 Å². The largest absolute Gasteiger partial charge is 0.308 e. The van der Waals surface area contributed by atoms with Crippen molar-refractivity contribution in [2.24, 2.45) is 0 Å². The van der Waals surface area contributed by atoms with Crippen LogP contribution in [-0.2, 0) is 12.8 Å². The smallest absolute Gasteiger partial charge is 0.259 e. The third kappa shape index (κ3) is 3.30. The van der Waals surface area contributed by atoms with Crippen LogP contribution in [0, 0.1) is 18.3 Å². The molecule has 0 radical (unpaired) electrons. The number of thiophene rings is 1. The number of fused-ring (bicyclic) bond motifs is 3. The Morgan fingerprint density at radius 1 is 1.28 bits per heavy atom. The van der Waals surface area contributed by atoms with Crippen LogP contribution in [0.2, 0.25) is 0 Å². The minimum absolute atomic E-state index is 0.0542. The SMILES string of the molecule is CC(=O)c1cc(C(=O)C(C#N)c2nc3sc4c(c3c(=O)[nH]2)CCCC4)ccc1C. The van der Waals surface area contributed by atoms with Crippen LogP contribution in [0.1, 0.15) is 68.2 Å². The van der Waals surface area contributed by atoms with E-state index in [1.54, 1.807) is 19.1 Å². The predicted molar refractivity (Wildman–Crippen MR) is 111 cm³/mol. The van der Waals surface area contributed by atoms with Crippen LogP contribution in [0.3, 0.4) is 0 Å². The van der Waals surface area contributed by atoms with Crippen LogP contribution >= 0.6 is 11.3 Å². The average molecular weight is 405 g/mol. The first kappa shape index (κ1) is 19.2. The number of aromatic amines is 1. The van der Waals surface area contributed by atoms with Gasteiger partial charge in [0.05, 0.1) is 11.5 Å². The highest BCUT2D eigenvalue weighted by Crippen LogP contribution is 2.34. The number of carbonyl (C=O) groups excluding carboxylic acids is 2. The normalized spacial score (nSPS) is 14.2. The standard InChI is InChI=1S/C22H19N3O3S/c1-11-7-8-13(9-15(11)12(2)26)19(27)16(10-23)20-24-21(28)18-14-5-3-4-6-17(14)29-22(18)25-20/h7-9,16H,3-6H2,1-2H3,(H,24,25,28). The lowest BCUT2D eigenvalue weighted by Gasteiger charge is -2.11. The topological polar surface area (TPSA) is 104 Å². The lowest BCUT2D eigenvalue weighted by atomic mass is 9.94. The van der Waals surface area contributed by atoms with Gasteiger partial charge in [0, 0.05) is 16.0 Å². The second-order valence-electron chi connectivity index (χ2n) is 7.35. The van der Waals surface area contributed by atoms with Gasteiger partial charge in [0.1, 0.15) is 10.7 Å². The highest BCUT2D eigenvalue weighted by atomic mass is 32.1. The minimum Gasteiger partial charge on any atom is -0.308 e. The molecule has 0 saturated carbocycles. The summed E-state index contributed by atoms with van der Waals surface area (Å²) in [5, 5.41) is 10.3. The van der Waals surface area contributed by atoms with Gasteiger partial charge in [0.25, 0.3) is 5.56 Å². The van der Waals surface area contributed by atoms with Crippen molar-refractivity contribution < 1.29 is 9.59 Å². The van der Waals surface area contributed by atoms with Gasteiger partial charge in [-0.2, -0.15) is 5.26 Å². The van der Waals surface area contributed by atoms with E-state index < -0.39 is 11.7 Å². The second-order valence-corrected chi connectivity index (χ2v) is 8.44. The lowest BCUT2D eigenvalue weighted by molar-refractivity contribution is 0.0976. The van der Waals surface area contributed by atoms with E-state index in [-0.39, 0.29) is 22.7 Å². The molecule has 2 heterocycles. The van der Waals surface area contributed by atoms with E-state index >= 15 is 0 Å². The maximum absolute atomic E-state index is 13.0. The number of aryl methyl sites for hydroxylation is 3. The summed E-state index contributed by atoms with van der Waals surface area (Å²) in [5.74, 6) is -1.83. The molecule has 1 aliphatic carbocycles. The number of carbonyl (C=O) groups is 2. The molecule has 1 atom stereocenters. The Balaban J connectivity index is 1.78. The van der Waals surface area contributed by atoms with Gasteiger partial charge in [0.15, 0.2) is 17.5 Å². The summed E-state index contributed by atoms with van der Waals surface area (Å²) in [7, 11) is 0. The first-order valence-corrected chi connectivity index (χ1v) is 10.3. The Morgan fingerprint density at radius 3 is 2.76 bits per heavy atom. The maximum atomic E-state index is 13.0. The summed E-state index contributed by atoms with van der Waals surface area (Å²) in [6.45, 7) is 3.22. The zero-order valence-electron chi connectivity index (χ0n) is 16.2. The highest BCUT2D eigenvalue weighted by molar-refractivity contribution is 7.18. The number of Topliss-reactive ketones (excluding diaryl/α,β-unsaturated/α-hetero) is 2. The molecule has 0 bridgehead atoms. The Labute approximate surface area is 171 Å². The first-order valence-electron chi connectivity index (χ1n) is 9.50. The van der Waals surface area contributed by atoms with Crippen LogP contribution in [0.5, 0.6) is 0 Å². The molecule has 4 rings (SSSR count). The number of benzene rings is 1. The van der Waals surface area contributed by atoms with Gasteiger partial charge in [-0.3, -0.25) is 14.4 Å². The zero-order valence-corrected chi connectivity index (χ0v) is 17.0. The van der Waals surface area contributed by atoms with Gasteiger partial charge < -0.3 is 4.98 Å². The molecule has 2 aromatic heterocycles. The summed E-state index contributed by atoms with van der Waals surface area (Å²) in [6.07, 6.45) is 3.93. The first-order chi connectivity index (χ1) is 13.9. The maximum Gasteiger partial charge on any atom is 0.259 e. The quantitative estimate of drug-likeness (QED) is 0.664. The number of H-pyrrole nitrogens is 1. The van der Waals surface area contributed by atoms with Crippen LogP contribution in [0.15, 0.2) is 23.0 Å². The molecule has 0 aliphatic heterocycles. The zero-order chi connectivity index (χ0) is 20.7. The van der Waals surface area contributed by atoms with Gasteiger partial charge in [-0.25, -0.2) is 4.98 Å². The van der Waals surface area contributed by atoms with Gasteiger partial charge >= 0.3 is 0 Å². The molecule has 146 valence electrons. The molecule has 1 aliphatic rings. The molecule has 6 nitrogen and oxygen atoms in total. The van der Waals surface area contributed by atoms with Crippen molar-refractivity contribution in [3.05, 3.63) is 61.5 Å². The predicted octanol–water partition coefficient (Wildman–Crippen LogP) is 3.86.